The molecule has 0 saturated heterocycles. The fourth-order valence-corrected chi connectivity index (χ4v) is 2.53. The van der Waals surface area contributed by atoms with Gasteiger partial charge < -0.3 is 5.32 Å². The minimum Gasteiger partial charge on any atom is -0.317 e. The minimum absolute atomic E-state index is 0.585. The number of aryl methyl sites for hydroxylation is 1. The molecule has 1 aromatic carbocycles. The molecular formula is C16H22N2. The molecule has 0 bridgehead atoms. The number of hydrogen-bond acceptors (Lipinski definition) is 2. The van der Waals surface area contributed by atoms with Crippen molar-refractivity contribution in [3.05, 3.63) is 42.2 Å². The Labute approximate surface area is 109 Å². The van der Waals surface area contributed by atoms with Gasteiger partial charge in [-0.1, -0.05) is 32.0 Å². The average Bonchev–Trinajstić information content (AvgIpc) is 2.39. The number of nitrogens with zero attached hydrogens (tertiary/aromatic N) is 1. The zero-order chi connectivity index (χ0) is 13.0. The van der Waals surface area contributed by atoms with Crippen molar-refractivity contribution in [2.24, 2.45) is 5.92 Å². The molecule has 0 radical (unpaired) electrons. The maximum absolute atomic E-state index is 4.18. The Morgan fingerprint density at radius 1 is 1.22 bits per heavy atom. The number of pyridine rings is 1. The van der Waals surface area contributed by atoms with Crippen molar-refractivity contribution >= 4 is 10.8 Å². The first-order valence-electron chi connectivity index (χ1n) is 6.71. The average molecular weight is 242 g/mol. The Morgan fingerprint density at radius 3 is 2.78 bits per heavy atom. The van der Waals surface area contributed by atoms with Gasteiger partial charge in [0, 0.05) is 23.8 Å². The third kappa shape index (κ3) is 2.88. The van der Waals surface area contributed by atoms with Gasteiger partial charge in [-0.05, 0) is 42.8 Å². The molecule has 0 spiro atoms. The Morgan fingerprint density at radius 2 is 2.06 bits per heavy atom. The van der Waals surface area contributed by atoms with Crippen LogP contribution in [0, 0.1) is 5.92 Å². The summed E-state index contributed by atoms with van der Waals surface area (Å²) >= 11 is 0. The van der Waals surface area contributed by atoms with Crippen molar-refractivity contribution in [2.75, 3.05) is 7.05 Å². The van der Waals surface area contributed by atoms with Crippen molar-refractivity contribution in [1.29, 1.82) is 0 Å². The van der Waals surface area contributed by atoms with E-state index in [9.17, 15) is 0 Å². The van der Waals surface area contributed by atoms with Crippen molar-refractivity contribution in [1.82, 2.24) is 10.3 Å². The molecule has 0 fully saturated rings. The van der Waals surface area contributed by atoms with Crippen LogP contribution in [0.5, 0.6) is 0 Å². The molecule has 1 aromatic heterocycles. The van der Waals surface area contributed by atoms with Crippen LogP contribution in [0.2, 0.25) is 0 Å². The molecule has 1 N–H and O–H groups in total. The van der Waals surface area contributed by atoms with E-state index in [1.807, 2.05) is 12.4 Å². The predicted octanol–water partition coefficient (Wildman–Crippen LogP) is 3.41. The molecular weight excluding hydrogens is 220 g/mol. The highest BCUT2D eigenvalue weighted by atomic mass is 14.9. The first-order chi connectivity index (χ1) is 8.72. The van der Waals surface area contributed by atoms with Crippen LogP contribution in [0.3, 0.4) is 0 Å². The molecule has 2 aromatic rings. The number of hydrogen-bond donors (Lipinski definition) is 1. The summed E-state index contributed by atoms with van der Waals surface area (Å²) in [6.45, 7) is 4.54. The van der Waals surface area contributed by atoms with Gasteiger partial charge in [0.05, 0.1) is 0 Å². The first-order valence-corrected chi connectivity index (χ1v) is 6.71. The van der Waals surface area contributed by atoms with Crippen molar-refractivity contribution < 1.29 is 0 Å². The Bertz CT molecular complexity index is 500. The van der Waals surface area contributed by atoms with Gasteiger partial charge in [-0.25, -0.2) is 0 Å². The van der Waals surface area contributed by atoms with Crippen LogP contribution in [-0.2, 0) is 6.42 Å². The molecule has 2 heteroatoms. The number of aromatic nitrogens is 1. The monoisotopic (exact) mass is 242 g/mol. The van der Waals surface area contributed by atoms with Gasteiger partial charge in [0.15, 0.2) is 0 Å². The van der Waals surface area contributed by atoms with Crippen LogP contribution in [0.25, 0.3) is 10.8 Å². The van der Waals surface area contributed by atoms with Crippen LogP contribution < -0.4 is 5.32 Å². The largest absolute Gasteiger partial charge is 0.317 e. The Hall–Kier alpha value is -1.41. The van der Waals surface area contributed by atoms with E-state index in [1.165, 1.54) is 22.8 Å². The normalized spacial score (nSPS) is 13.1. The molecule has 0 aliphatic rings. The van der Waals surface area contributed by atoms with E-state index in [0.29, 0.717) is 12.0 Å². The summed E-state index contributed by atoms with van der Waals surface area (Å²) in [4.78, 5) is 4.18. The fourth-order valence-electron chi connectivity index (χ4n) is 2.53. The lowest BCUT2D eigenvalue weighted by Gasteiger charge is -2.20. The van der Waals surface area contributed by atoms with Gasteiger partial charge in [-0.3, -0.25) is 4.98 Å². The standard InChI is InChI=1S/C16H22N2/c1-12(2)16(17-3)8-7-13-5-4-6-14-11-18-10-9-15(13)14/h4-6,9-12,16-17H,7-8H2,1-3H3. The summed E-state index contributed by atoms with van der Waals surface area (Å²) in [5.41, 5.74) is 1.43. The second kappa shape index (κ2) is 5.96. The fraction of sp³-hybridized carbons (Fsp3) is 0.438. The van der Waals surface area contributed by atoms with Gasteiger partial charge in [0.25, 0.3) is 0 Å². The lowest BCUT2D eigenvalue weighted by molar-refractivity contribution is 0.403. The molecule has 2 nitrogen and oxygen atoms in total. The molecule has 0 aliphatic heterocycles. The number of nitrogens with one attached hydrogen (secondary N) is 1. The van der Waals surface area contributed by atoms with E-state index in [1.54, 1.807) is 0 Å². The molecule has 2 rings (SSSR count). The van der Waals surface area contributed by atoms with Gasteiger partial charge in [-0.15, -0.1) is 0 Å². The summed E-state index contributed by atoms with van der Waals surface area (Å²) in [6, 6.07) is 9.19. The third-order valence-electron chi connectivity index (χ3n) is 3.67. The van der Waals surface area contributed by atoms with Gasteiger partial charge in [-0.2, -0.15) is 0 Å². The molecule has 1 atom stereocenters. The predicted molar refractivity (Wildman–Crippen MR) is 77.7 cm³/mol. The molecule has 1 heterocycles. The van der Waals surface area contributed by atoms with Crippen LogP contribution in [0.15, 0.2) is 36.7 Å². The molecule has 0 amide bonds. The molecule has 1 unspecified atom stereocenters. The lowest BCUT2D eigenvalue weighted by atomic mass is 9.95. The van der Waals surface area contributed by atoms with Crippen LogP contribution >= 0.6 is 0 Å². The molecule has 0 aliphatic carbocycles. The quantitative estimate of drug-likeness (QED) is 0.869. The van der Waals surface area contributed by atoms with Gasteiger partial charge >= 0.3 is 0 Å². The third-order valence-corrected chi connectivity index (χ3v) is 3.67. The van der Waals surface area contributed by atoms with Gasteiger partial charge in [0.2, 0.25) is 0 Å². The summed E-state index contributed by atoms with van der Waals surface area (Å²) in [5, 5.41) is 5.98. The highest BCUT2D eigenvalue weighted by Gasteiger charge is 2.11. The minimum atomic E-state index is 0.585. The van der Waals surface area contributed by atoms with E-state index in [-0.39, 0.29) is 0 Å². The van der Waals surface area contributed by atoms with Gasteiger partial charge in [0.1, 0.15) is 0 Å². The molecule has 96 valence electrons. The number of fused-ring (bicyclic) bond motifs is 1. The SMILES string of the molecule is CNC(CCc1cccc2cnccc12)C(C)C. The topological polar surface area (TPSA) is 24.9 Å². The van der Waals surface area contributed by atoms with Crippen molar-refractivity contribution in [3.8, 4) is 0 Å². The molecule has 0 saturated carbocycles. The summed E-state index contributed by atoms with van der Waals surface area (Å²) in [6.07, 6.45) is 6.11. The number of rotatable bonds is 5. The number of benzene rings is 1. The summed E-state index contributed by atoms with van der Waals surface area (Å²) in [7, 11) is 2.05. The highest BCUT2D eigenvalue weighted by Crippen LogP contribution is 2.20. The zero-order valence-corrected chi connectivity index (χ0v) is 11.5. The highest BCUT2D eigenvalue weighted by molar-refractivity contribution is 5.84. The van der Waals surface area contributed by atoms with Crippen molar-refractivity contribution in [2.45, 2.75) is 32.7 Å². The van der Waals surface area contributed by atoms with E-state index in [4.69, 9.17) is 0 Å². The maximum atomic E-state index is 4.18. The summed E-state index contributed by atoms with van der Waals surface area (Å²) < 4.78 is 0. The second-order valence-electron chi connectivity index (χ2n) is 5.19. The van der Waals surface area contributed by atoms with E-state index < -0.39 is 0 Å². The van der Waals surface area contributed by atoms with E-state index in [0.717, 1.165) is 6.42 Å². The first kappa shape index (κ1) is 13.0. The van der Waals surface area contributed by atoms with Crippen LogP contribution in [0.4, 0.5) is 0 Å². The van der Waals surface area contributed by atoms with E-state index >= 15 is 0 Å². The van der Waals surface area contributed by atoms with Crippen LogP contribution in [-0.4, -0.2) is 18.1 Å². The smallest absolute Gasteiger partial charge is 0.0346 e. The maximum Gasteiger partial charge on any atom is 0.0346 e. The second-order valence-corrected chi connectivity index (χ2v) is 5.19. The summed E-state index contributed by atoms with van der Waals surface area (Å²) in [5.74, 6) is 0.673. The Kier molecular flexibility index (Phi) is 4.32. The van der Waals surface area contributed by atoms with E-state index in [2.05, 4.69) is 55.5 Å². The lowest BCUT2D eigenvalue weighted by Crippen LogP contribution is -2.31. The zero-order valence-electron chi connectivity index (χ0n) is 11.5. The molecule has 18 heavy (non-hydrogen) atoms. The Balaban J connectivity index is 2.17. The van der Waals surface area contributed by atoms with Crippen LogP contribution in [0.1, 0.15) is 25.8 Å². The van der Waals surface area contributed by atoms with Crippen molar-refractivity contribution in [3.63, 3.8) is 0 Å².